The lowest BCUT2D eigenvalue weighted by Crippen LogP contribution is -2.27. The molecule has 3 nitrogen and oxygen atoms in total. The maximum Gasteiger partial charge on any atom is 0.258 e. The molecule has 0 atom stereocenters. The summed E-state index contributed by atoms with van der Waals surface area (Å²) in [5.74, 6) is -0.0116. The number of carbonyl (C=O) groups excluding carboxylic acids is 1. The van der Waals surface area contributed by atoms with E-state index in [9.17, 15) is 4.79 Å². The van der Waals surface area contributed by atoms with Crippen LogP contribution in [-0.2, 0) is 0 Å². The van der Waals surface area contributed by atoms with Gasteiger partial charge in [-0.05, 0) is 28.4 Å². The molecule has 1 amide bonds. The summed E-state index contributed by atoms with van der Waals surface area (Å²) in [4.78, 5) is 13.3. The van der Waals surface area contributed by atoms with Crippen molar-refractivity contribution in [2.24, 2.45) is 0 Å². The highest BCUT2D eigenvalue weighted by Gasteiger charge is 2.15. The fourth-order valence-corrected chi connectivity index (χ4v) is 1.50. The first-order valence-electron chi connectivity index (χ1n) is 4.15. The number of furan rings is 1. The number of rotatable bonds is 3. The van der Waals surface area contributed by atoms with Gasteiger partial charge < -0.3 is 9.32 Å². The quantitative estimate of drug-likeness (QED) is 0.821. The minimum absolute atomic E-state index is 0.0116. The van der Waals surface area contributed by atoms with Gasteiger partial charge in [0.1, 0.15) is 0 Å². The molecule has 0 saturated heterocycles. The maximum atomic E-state index is 11.7. The van der Waals surface area contributed by atoms with Crippen LogP contribution in [0.1, 0.15) is 23.7 Å². The molecule has 0 spiro atoms. The largest absolute Gasteiger partial charge is 0.457 e. The molecule has 1 aromatic heterocycles. The Kier molecular flexibility index (Phi) is 3.54. The molecule has 4 heteroatoms. The molecule has 1 rings (SSSR count). The molecule has 0 saturated carbocycles. The molecule has 0 aliphatic carbocycles. The van der Waals surface area contributed by atoms with Gasteiger partial charge in [-0.15, -0.1) is 0 Å². The van der Waals surface area contributed by atoms with Crippen LogP contribution in [0.5, 0.6) is 0 Å². The van der Waals surface area contributed by atoms with E-state index in [1.807, 2.05) is 6.92 Å². The number of carbonyl (C=O) groups is 1. The van der Waals surface area contributed by atoms with Crippen molar-refractivity contribution in [1.82, 2.24) is 4.90 Å². The SMILES string of the molecule is CCCN(C)C(=O)c1ccoc1Br. The van der Waals surface area contributed by atoms with Crippen LogP contribution in [0.15, 0.2) is 21.4 Å². The maximum absolute atomic E-state index is 11.7. The summed E-state index contributed by atoms with van der Waals surface area (Å²) in [6.45, 7) is 2.80. The van der Waals surface area contributed by atoms with Gasteiger partial charge in [0.2, 0.25) is 0 Å². The molecule has 13 heavy (non-hydrogen) atoms. The van der Waals surface area contributed by atoms with Gasteiger partial charge >= 0.3 is 0 Å². The second kappa shape index (κ2) is 4.46. The Hall–Kier alpha value is -0.770. The molecule has 0 fully saturated rings. The van der Waals surface area contributed by atoms with E-state index in [2.05, 4.69) is 15.9 Å². The van der Waals surface area contributed by atoms with E-state index >= 15 is 0 Å². The first-order valence-corrected chi connectivity index (χ1v) is 4.94. The Morgan fingerprint density at radius 2 is 2.38 bits per heavy atom. The summed E-state index contributed by atoms with van der Waals surface area (Å²) < 4.78 is 5.48. The average Bonchev–Trinajstić information content (AvgIpc) is 2.50. The highest BCUT2D eigenvalue weighted by atomic mass is 79.9. The zero-order valence-corrected chi connectivity index (χ0v) is 9.30. The van der Waals surface area contributed by atoms with Crippen molar-refractivity contribution >= 4 is 21.8 Å². The fraction of sp³-hybridized carbons (Fsp3) is 0.444. The van der Waals surface area contributed by atoms with Gasteiger partial charge in [-0.1, -0.05) is 6.92 Å². The van der Waals surface area contributed by atoms with E-state index < -0.39 is 0 Å². The summed E-state index contributed by atoms with van der Waals surface area (Å²) in [6.07, 6.45) is 2.45. The first kappa shape index (κ1) is 10.3. The topological polar surface area (TPSA) is 33.5 Å². The number of amides is 1. The fourth-order valence-electron chi connectivity index (χ4n) is 1.09. The summed E-state index contributed by atoms with van der Waals surface area (Å²) in [6, 6.07) is 1.67. The molecule has 0 unspecified atom stereocenters. The van der Waals surface area contributed by atoms with E-state index in [0.29, 0.717) is 10.2 Å². The predicted octanol–water partition coefficient (Wildman–Crippen LogP) is 2.52. The Morgan fingerprint density at radius 3 is 2.85 bits per heavy atom. The van der Waals surface area contributed by atoms with Gasteiger partial charge in [0.25, 0.3) is 5.91 Å². The highest BCUT2D eigenvalue weighted by Crippen LogP contribution is 2.18. The monoisotopic (exact) mass is 245 g/mol. The molecule has 0 aliphatic heterocycles. The minimum atomic E-state index is -0.0116. The van der Waals surface area contributed by atoms with Crippen molar-refractivity contribution in [1.29, 1.82) is 0 Å². The van der Waals surface area contributed by atoms with Crippen molar-refractivity contribution in [3.8, 4) is 0 Å². The van der Waals surface area contributed by atoms with Gasteiger partial charge in [0, 0.05) is 13.6 Å². The van der Waals surface area contributed by atoms with Gasteiger partial charge in [-0.2, -0.15) is 0 Å². The van der Waals surface area contributed by atoms with Crippen LogP contribution in [0.4, 0.5) is 0 Å². The van der Waals surface area contributed by atoms with Crippen LogP contribution in [0.2, 0.25) is 0 Å². The lowest BCUT2D eigenvalue weighted by atomic mass is 10.3. The van der Waals surface area contributed by atoms with E-state index in [1.54, 1.807) is 18.0 Å². The van der Waals surface area contributed by atoms with Gasteiger partial charge in [0.15, 0.2) is 4.67 Å². The second-order valence-corrected chi connectivity index (χ2v) is 3.55. The van der Waals surface area contributed by atoms with E-state index in [4.69, 9.17) is 4.42 Å². The Morgan fingerprint density at radius 1 is 1.69 bits per heavy atom. The number of hydrogen-bond acceptors (Lipinski definition) is 2. The van der Waals surface area contributed by atoms with Crippen LogP contribution >= 0.6 is 15.9 Å². The molecular formula is C9H12BrNO2. The van der Waals surface area contributed by atoms with Crippen molar-refractivity contribution in [3.05, 3.63) is 22.6 Å². The lowest BCUT2D eigenvalue weighted by Gasteiger charge is -2.14. The number of nitrogens with zero attached hydrogens (tertiary/aromatic N) is 1. The smallest absolute Gasteiger partial charge is 0.258 e. The number of hydrogen-bond donors (Lipinski definition) is 0. The Labute approximate surface area is 85.8 Å². The van der Waals surface area contributed by atoms with Gasteiger partial charge in [-0.25, -0.2) is 0 Å². The Balaban J connectivity index is 2.73. The summed E-state index contributed by atoms with van der Waals surface area (Å²) in [5, 5.41) is 0. The predicted molar refractivity (Wildman–Crippen MR) is 53.7 cm³/mol. The van der Waals surface area contributed by atoms with Crippen LogP contribution in [0.3, 0.4) is 0 Å². The number of halogens is 1. The molecule has 0 aromatic carbocycles. The van der Waals surface area contributed by atoms with Crippen LogP contribution in [0.25, 0.3) is 0 Å². The van der Waals surface area contributed by atoms with Crippen LogP contribution in [0, 0.1) is 0 Å². The van der Waals surface area contributed by atoms with E-state index in [-0.39, 0.29) is 5.91 Å². The van der Waals surface area contributed by atoms with E-state index in [0.717, 1.165) is 13.0 Å². The zero-order chi connectivity index (χ0) is 9.84. The van der Waals surface area contributed by atoms with Gasteiger partial charge in [-0.3, -0.25) is 4.79 Å². The highest BCUT2D eigenvalue weighted by molar-refractivity contribution is 9.10. The van der Waals surface area contributed by atoms with Crippen molar-refractivity contribution < 1.29 is 9.21 Å². The van der Waals surface area contributed by atoms with Crippen molar-refractivity contribution in [2.45, 2.75) is 13.3 Å². The zero-order valence-electron chi connectivity index (χ0n) is 7.71. The minimum Gasteiger partial charge on any atom is -0.457 e. The van der Waals surface area contributed by atoms with Crippen molar-refractivity contribution in [2.75, 3.05) is 13.6 Å². The summed E-state index contributed by atoms with van der Waals surface area (Å²) in [7, 11) is 1.78. The lowest BCUT2D eigenvalue weighted by molar-refractivity contribution is 0.0793. The average molecular weight is 246 g/mol. The molecule has 0 bridgehead atoms. The second-order valence-electron chi connectivity index (χ2n) is 2.83. The van der Waals surface area contributed by atoms with E-state index in [1.165, 1.54) is 6.26 Å². The third kappa shape index (κ3) is 2.34. The molecule has 1 aromatic rings. The normalized spacial score (nSPS) is 10.1. The molecule has 1 heterocycles. The Bertz CT molecular complexity index is 296. The first-order chi connectivity index (χ1) is 6.16. The molecule has 0 N–H and O–H groups in total. The standard InChI is InChI=1S/C9H12BrNO2/c1-3-5-11(2)9(12)7-4-6-13-8(7)10/h4,6H,3,5H2,1-2H3. The van der Waals surface area contributed by atoms with Crippen molar-refractivity contribution in [3.63, 3.8) is 0 Å². The molecule has 0 radical (unpaired) electrons. The molecular weight excluding hydrogens is 234 g/mol. The van der Waals surface area contributed by atoms with Crippen LogP contribution in [-0.4, -0.2) is 24.4 Å². The van der Waals surface area contributed by atoms with Crippen LogP contribution < -0.4 is 0 Å². The summed E-state index contributed by atoms with van der Waals surface area (Å²) in [5.41, 5.74) is 0.580. The molecule has 0 aliphatic rings. The summed E-state index contributed by atoms with van der Waals surface area (Å²) >= 11 is 3.17. The third-order valence-electron chi connectivity index (χ3n) is 1.75. The third-order valence-corrected chi connectivity index (χ3v) is 2.37. The van der Waals surface area contributed by atoms with Gasteiger partial charge in [0.05, 0.1) is 11.8 Å². The molecule has 72 valence electrons.